The van der Waals surface area contributed by atoms with Crippen molar-refractivity contribution in [3.05, 3.63) is 52.5 Å². The van der Waals surface area contributed by atoms with Crippen LogP contribution in [0, 0.1) is 17.2 Å². The summed E-state index contributed by atoms with van der Waals surface area (Å²) in [4.78, 5) is 30.2. The zero-order valence-corrected chi connectivity index (χ0v) is 24.4. The Morgan fingerprint density at radius 2 is 2.00 bits per heavy atom. The number of hydrogen-bond donors (Lipinski definition) is 2. The van der Waals surface area contributed by atoms with Crippen molar-refractivity contribution in [2.45, 2.75) is 38.7 Å². The lowest BCUT2D eigenvalue weighted by Crippen LogP contribution is -2.40. The number of methoxy groups -OCH3 is 2. The minimum absolute atomic E-state index is 0.0342. The minimum Gasteiger partial charge on any atom is -0.469 e. The lowest BCUT2D eigenvalue weighted by molar-refractivity contribution is -0.146. The SMILES string of the molecule is COCOc1c(C#N)cccc1-c1ccc2nc(NC(=O)OC(C)(C)C)c(Cl)c(C3CCNCC3C(=O)OC)c2c1. The van der Waals surface area contributed by atoms with E-state index in [1.165, 1.54) is 14.2 Å². The average molecular weight is 581 g/mol. The summed E-state index contributed by atoms with van der Waals surface area (Å²) >= 11 is 7.01. The second-order valence-corrected chi connectivity index (χ2v) is 11.0. The van der Waals surface area contributed by atoms with Gasteiger partial charge in [-0.25, -0.2) is 9.78 Å². The molecular weight excluding hydrogens is 548 g/mol. The summed E-state index contributed by atoms with van der Waals surface area (Å²) in [6.07, 6.45) is -0.0993. The monoisotopic (exact) mass is 580 g/mol. The Hall–Kier alpha value is -3.91. The summed E-state index contributed by atoms with van der Waals surface area (Å²) in [5.74, 6) is -0.690. The van der Waals surface area contributed by atoms with Crippen LogP contribution in [0.25, 0.3) is 22.0 Å². The van der Waals surface area contributed by atoms with E-state index in [2.05, 4.69) is 21.7 Å². The third-order valence-corrected chi connectivity index (χ3v) is 7.09. The van der Waals surface area contributed by atoms with E-state index in [0.29, 0.717) is 52.9 Å². The molecular formula is C30H33ClN4O6. The van der Waals surface area contributed by atoms with Crippen molar-refractivity contribution >= 4 is 40.4 Å². The van der Waals surface area contributed by atoms with Crippen LogP contribution in [0.3, 0.4) is 0 Å². The zero-order valence-electron chi connectivity index (χ0n) is 23.7. The number of anilines is 1. The molecule has 2 aromatic carbocycles. The maximum atomic E-state index is 12.9. The van der Waals surface area contributed by atoms with E-state index in [1.54, 1.807) is 39.0 Å². The summed E-state index contributed by atoms with van der Waals surface area (Å²) in [5.41, 5.74) is 2.27. The first-order valence-electron chi connectivity index (χ1n) is 13.1. The van der Waals surface area contributed by atoms with Crippen molar-refractivity contribution in [3.63, 3.8) is 0 Å². The molecule has 1 amide bonds. The molecule has 0 spiro atoms. The molecule has 0 bridgehead atoms. The van der Waals surface area contributed by atoms with Gasteiger partial charge in [-0.1, -0.05) is 29.8 Å². The van der Waals surface area contributed by atoms with Crippen LogP contribution in [0.15, 0.2) is 36.4 Å². The van der Waals surface area contributed by atoms with Gasteiger partial charge in [0.05, 0.1) is 29.1 Å². The Labute approximate surface area is 243 Å². The quantitative estimate of drug-likeness (QED) is 0.270. The molecule has 2 N–H and O–H groups in total. The van der Waals surface area contributed by atoms with Crippen LogP contribution in [-0.2, 0) is 19.0 Å². The minimum atomic E-state index is -0.725. The molecule has 41 heavy (non-hydrogen) atoms. The molecule has 1 aliphatic heterocycles. The van der Waals surface area contributed by atoms with Gasteiger partial charge in [0.1, 0.15) is 17.4 Å². The van der Waals surface area contributed by atoms with Crippen molar-refractivity contribution in [3.8, 4) is 22.9 Å². The molecule has 1 aliphatic rings. The van der Waals surface area contributed by atoms with Crippen LogP contribution in [0.4, 0.5) is 10.6 Å². The second kappa shape index (κ2) is 12.7. The van der Waals surface area contributed by atoms with Crippen molar-refractivity contribution in [1.29, 1.82) is 5.26 Å². The maximum absolute atomic E-state index is 12.9. The molecule has 216 valence electrons. The smallest absolute Gasteiger partial charge is 0.413 e. The van der Waals surface area contributed by atoms with Gasteiger partial charge in [-0.2, -0.15) is 5.26 Å². The van der Waals surface area contributed by atoms with Crippen molar-refractivity contribution in [1.82, 2.24) is 10.3 Å². The highest BCUT2D eigenvalue weighted by Crippen LogP contribution is 2.44. The summed E-state index contributed by atoms with van der Waals surface area (Å²) in [7, 11) is 2.86. The van der Waals surface area contributed by atoms with E-state index in [4.69, 9.17) is 30.5 Å². The molecule has 1 aromatic heterocycles. The lowest BCUT2D eigenvalue weighted by Gasteiger charge is -2.32. The standard InChI is InChI=1S/C30H33ClN4O6/c1-30(2,3)41-29(37)35-27-25(31)24(20-11-12-33-15-22(20)28(36)39-5)21-13-17(9-10-23(21)34-27)19-8-6-7-18(14-32)26(19)40-16-38-4/h6-10,13,20,22,33H,11-12,15-16H2,1-5H3,(H,34,35,37). The molecule has 0 saturated carbocycles. The third kappa shape index (κ3) is 6.70. The van der Waals surface area contributed by atoms with E-state index in [0.717, 1.165) is 5.56 Å². The maximum Gasteiger partial charge on any atom is 0.413 e. The predicted octanol–water partition coefficient (Wildman–Crippen LogP) is 5.62. The molecule has 2 unspecified atom stereocenters. The van der Waals surface area contributed by atoms with Gasteiger partial charge in [-0.15, -0.1) is 0 Å². The highest BCUT2D eigenvalue weighted by atomic mass is 35.5. The van der Waals surface area contributed by atoms with E-state index < -0.39 is 17.6 Å². The largest absolute Gasteiger partial charge is 0.469 e. The van der Waals surface area contributed by atoms with Gasteiger partial charge in [0.15, 0.2) is 12.6 Å². The Morgan fingerprint density at radius 1 is 1.22 bits per heavy atom. The first-order chi connectivity index (χ1) is 19.6. The normalized spacial score (nSPS) is 17.0. The van der Waals surface area contributed by atoms with E-state index in [1.807, 2.05) is 18.2 Å². The number of rotatable bonds is 7. The number of halogens is 1. The molecule has 2 heterocycles. The van der Waals surface area contributed by atoms with Crippen LogP contribution in [0.1, 0.15) is 44.2 Å². The first kappa shape index (κ1) is 30.1. The van der Waals surface area contributed by atoms with E-state index in [9.17, 15) is 14.9 Å². The fourth-order valence-electron chi connectivity index (χ4n) is 5.01. The number of nitrogens with one attached hydrogen (secondary N) is 2. The van der Waals surface area contributed by atoms with Crippen LogP contribution in [-0.4, -0.2) is 56.7 Å². The van der Waals surface area contributed by atoms with Gasteiger partial charge in [-0.05, 0) is 63.1 Å². The number of benzene rings is 2. The van der Waals surface area contributed by atoms with Crippen LogP contribution >= 0.6 is 11.6 Å². The molecule has 1 fully saturated rings. The number of carbonyl (C=O) groups is 2. The van der Waals surface area contributed by atoms with Gasteiger partial charge in [0.25, 0.3) is 0 Å². The van der Waals surface area contributed by atoms with Gasteiger partial charge < -0.3 is 24.3 Å². The number of pyridine rings is 1. The van der Waals surface area contributed by atoms with Crippen LogP contribution in [0.2, 0.25) is 5.02 Å². The van der Waals surface area contributed by atoms with Crippen molar-refractivity contribution < 1.29 is 28.5 Å². The summed E-state index contributed by atoms with van der Waals surface area (Å²) in [6.45, 7) is 6.31. The third-order valence-electron chi connectivity index (χ3n) is 6.71. The highest BCUT2D eigenvalue weighted by molar-refractivity contribution is 6.35. The number of amides is 1. The fourth-order valence-corrected chi connectivity index (χ4v) is 5.34. The molecule has 11 heteroatoms. The number of piperidine rings is 1. The van der Waals surface area contributed by atoms with Gasteiger partial charge in [0.2, 0.25) is 0 Å². The Kier molecular flexibility index (Phi) is 9.33. The summed E-state index contributed by atoms with van der Waals surface area (Å²) in [5, 5.41) is 16.5. The van der Waals surface area contributed by atoms with Crippen LogP contribution in [0.5, 0.6) is 5.75 Å². The summed E-state index contributed by atoms with van der Waals surface area (Å²) in [6, 6.07) is 13.0. The molecule has 4 rings (SSSR count). The lowest BCUT2D eigenvalue weighted by atomic mass is 9.79. The predicted molar refractivity (Wildman–Crippen MR) is 155 cm³/mol. The van der Waals surface area contributed by atoms with Crippen LogP contribution < -0.4 is 15.4 Å². The molecule has 0 radical (unpaired) electrons. The number of hydrogen-bond acceptors (Lipinski definition) is 9. The molecule has 2 atom stereocenters. The number of ether oxygens (including phenoxy) is 4. The van der Waals surface area contributed by atoms with E-state index >= 15 is 0 Å². The number of carbonyl (C=O) groups excluding carboxylic acids is 2. The number of para-hydroxylation sites is 1. The number of fused-ring (bicyclic) bond motifs is 1. The highest BCUT2D eigenvalue weighted by Gasteiger charge is 2.36. The Bertz CT molecular complexity index is 1500. The number of esters is 1. The topological polar surface area (TPSA) is 132 Å². The van der Waals surface area contributed by atoms with Gasteiger partial charge in [0, 0.05) is 30.5 Å². The Balaban J connectivity index is 1.93. The number of aromatic nitrogens is 1. The fraction of sp³-hybridized carbons (Fsp3) is 0.400. The number of nitrogens with zero attached hydrogens (tertiary/aromatic N) is 2. The van der Waals surface area contributed by atoms with Gasteiger partial charge in [-0.3, -0.25) is 10.1 Å². The Morgan fingerprint density at radius 3 is 2.68 bits per heavy atom. The molecule has 0 aliphatic carbocycles. The molecule has 3 aromatic rings. The van der Waals surface area contributed by atoms with Crippen molar-refractivity contribution in [2.24, 2.45) is 5.92 Å². The molecule has 1 saturated heterocycles. The first-order valence-corrected chi connectivity index (χ1v) is 13.5. The second-order valence-electron chi connectivity index (χ2n) is 10.6. The van der Waals surface area contributed by atoms with E-state index in [-0.39, 0.29) is 29.5 Å². The average Bonchev–Trinajstić information content (AvgIpc) is 2.94. The van der Waals surface area contributed by atoms with Gasteiger partial charge >= 0.3 is 12.1 Å². The summed E-state index contributed by atoms with van der Waals surface area (Å²) < 4.78 is 21.4. The molecule has 10 nitrogen and oxygen atoms in total. The number of nitriles is 1. The van der Waals surface area contributed by atoms with Crippen molar-refractivity contribution in [2.75, 3.05) is 39.4 Å². The zero-order chi connectivity index (χ0) is 29.7.